The van der Waals surface area contributed by atoms with E-state index < -0.39 is 0 Å². The molecule has 0 amide bonds. The third-order valence-corrected chi connectivity index (χ3v) is 17.3. The first kappa shape index (κ1) is 55.8. The molecule has 5 fully saturated rings. The molecule has 0 aromatic carbocycles. The molecule has 0 aromatic rings. The fourth-order valence-electron chi connectivity index (χ4n) is 8.92. The Morgan fingerprint density at radius 1 is 0.814 bits per heavy atom. The molecule has 2 N–H and O–H groups in total. The van der Waals surface area contributed by atoms with Crippen LogP contribution in [0.1, 0.15) is 200 Å². The van der Waals surface area contributed by atoms with Gasteiger partial charge >= 0.3 is 0 Å². The minimum absolute atomic E-state index is 0.253. The summed E-state index contributed by atoms with van der Waals surface area (Å²) in [6, 6.07) is 0.699. The molecule has 6 unspecified atom stereocenters. The van der Waals surface area contributed by atoms with Gasteiger partial charge in [-0.05, 0) is 128 Å². The zero-order chi connectivity index (χ0) is 45.1. The van der Waals surface area contributed by atoms with Crippen molar-refractivity contribution in [3.63, 3.8) is 0 Å². The van der Waals surface area contributed by atoms with Gasteiger partial charge in [0, 0.05) is 38.7 Å². The van der Waals surface area contributed by atoms with Crippen molar-refractivity contribution in [2.75, 3.05) is 6.54 Å². The highest BCUT2D eigenvalue weighted by Crippen LogP contribution is 2.64. The first-order chi connectivity index (χ1) is 27.7. The number of hydrogen-bond donors (Lipinski definition) is 2. The first-order valence-corrected chi connectivity index (χ1v) is 26.4. The summed E-state index contributed by atoms with van der Waals surface area (Å²) in [5, 5.41) is 8.02. The molecule has 0 aliphatic heterocycles. The Hall–Kier alpha value is -1.26. The second-order valence-corrected chi connectivity index (χ2v) is 23.4. The van der Waals surface area contributed by atoms with Crippen LogP contribution in [0.2, 0.25) is 0 Å². The van der Waals surface area contributed by atoms with E-state index in [-0.39, 0.29) is 5.41 Å². The molecule has 5 aliphatic rings. The van der Waals surface area contributed by atoms with Gasteiger partial charge < -0.3 is 10.6 Å². The lowest BCUT2D eigenvalue weighted by Crippen LogP contribution is -2.31. The zero-order valence-electron chi connectivity index (χ0n) is 41.9. The largest absolute Gasteiger partial charge is 0.389 e. The molecule has 0 saturated heterocycles. The second-order valence-electron chi connectivity index (χ2n) is 20.6. The van der Waals surface area contributed by atoms with Gasteiger partial charge in [0.2, 0.25) is 0 Å². The van der Waals surface area contributed by atoms with Crippen molar-refractivity contribution < 1.29 is 0 Å². The van der Waals surface area contributed by atoms with Gasteiger partial charge in [-0.1, -0.05) is 173 Å². The van der Waals surface area contributed by atoms with Crippen LogP contribution in [0.3, 0.4) is 0 Å². The van der Waals surface area contributed by atoms with Crippen molar-refractivity contribution in [2.45, 2.75) is 216 Å². The van der Waals surface area contributed by atoms with Crippen LogP contribution < -0.4 is 10.6 Å². The van der Waals surface area contributed by atoms with E-state index in [1.807, 2.05) is 51.2 Å². The summed E-state index contributed by atoms with van der Waals surface area (Å²) >= 11 is 3.95. The molecular formula is C55H100N2S2. The number of thioether (sulfide) groups is 2. The lowest BCUT2D eigenvalue weighted by molar-refractivity contribution is 0.227. The monoisotopic (exact) mass is 853 g/mol. The Labute approximate surface area is 379 Å². The van der Waals surface area contributed by atoms with Crippen molar-refractivity contribution >= 4 is 23.5 Å². The van der Waals surface area contributed by atoms with Gasteiger partial charge in [0.1, 0.15) is 0 Å². The van der Waals surface area contributed by atoms with Crippen LogP contribution in [-0.2, 0) is 0 Å². The van der Waals surface area contributed by atoms with Gasteiger partial charge in [-0.25, -0.2) is 0 Å². The Balaban J connectivity index is 0.000000469. The topological polar surface area (TPSA) is 24.1 Å². The molecule has 59 heavy (non-hydrogen) atoms. The predicted molar refractivity (Wildman–Crippen MR) is 275 cm³/mol. The van der Waals surface area contributed by atoms with Crippen molar-refractivity contribution in [3.8, 4) is 0 Å². The minimum atomic E-state index is 0.253. The Morgan fingerprint density at radius 2 is 1.37 bits per heavy atom. The van der Waals surface area contributed by atoms with E-state index in [0.29, 0.717) is 39.2 Å². The van der Waals surface area contributed by atoms with Crippen LogP contribution in [0.5, 0.6) is 0 Å². The molecule has 342 valence electrons. The van der Waals surface area contributed by atoms with E-state index in [1.54, 1.807) is 0 Å². The number of rotatable bonds is 22. The SMILES string of the molecule is C=C(C)C(C)C1C(CC)C1(C)C.C=C(NC1CC1)C(=C)C(C)CCC1CC1.C=CC(SC(=C)SC(CCC(=C)NCC1CC1)C(C)(C)C)C1(C)CCCCC1.CC.CC. The van der Waals surface area contributed by atoms with Crippen LogP contribution in [0.25, 0.3) is 0 Å². The molecule has 2 nitrogen and oxygen atoms in total. The van der Waals surface area contributed by atoms with Crippen LogP contribution in [0.15, 0.2) is 72.3 Å². The molecule has 0 bridgehead atoms. The summed E-state index contributed by atoms with van der Waals surface area (Å²) in [5.74, 6) is 5.07. The lowest BCUT2D eigenvalue weighted by Gasteiger charge is -2.40. The molecule has 6 atom stereocenters. The average molecular weight is 854 g/mol. The molecule has 4 heteroatoms. The predicted octanol–water partition coefficient (Wildman–Crippen LogP) is 17.7. The number of allylic oxidation sites excluding steroid dienone is 3. The fourth-order valence-corrected chi connectivity index (χ4v) is 11.6. The Bertz CT molecular complexity index is 1280. The van der Waals surface area contributed by atoms with E-state index in [4.69, 9.17) is 0 Å². The van der Waals surface area contributed by atoms with Gasteiger partial charge in [-0.3, -0.25) is 0 Å². The highest BCUT2D eigenvalue weighted by molar-refractivity contribution is 8.22. The summed E-state index contributed by atoms with van der Waals surface area (Å²) in [7, 11) is 0. The molecule has 0 heterocycles. The lowest BCUT2D eigenvalue weighted by atomic mass is 9.73. The maximum absolute atomic E-state index is 4.46. The van der Waals surface area contributed by atoms with Gasteiger partial charge in [0.15, 0.2) is 0 Å². The van der Waals surface area contributed by atoms with Gasteiger partial charge in [0.05, 0.1) is 0 Å². The summed E-state index contributed by atoms with van der Waals surface area (Å²) in [6.07, 6.45) is 23.5. The summed E-state index contributed by atoms with van der Waals surface area (Å²) in [4.78, 5) is 0. The van der Waals surface area contributed by atoms with Gasteiger partial charge in [-0.15, -0.1) is 30.1 Å². The highest BCUT2D eigenvalue weighted by atomic mass is 32.2. The van der Waals surface area contributed by atoms with E-state index in [2.05, 4.69) is 125 Å². The molecule has 5 rings (SSSR count). The summed E-state index contributed by atoms with van der Waals surface area (Å²) < 4.78 is 1.26. The molecule has 0 aromatic heterocycles. The molecular weight excluding hydrogens is 753 g/mol. The smallest absolute Gasteiger partial charge is 0.0337 e. The van der Waals surface area contributed by atoms with Gasteiger partial charge in [0.25, 0.3) is 0 Å². The quantitative estimate of drug-likeness (QED) is 0.0837. The van der Waals surface area contributed by atoms with Crippen LogP contribution in [0.4, 0.5) is 0 Å². The molecule has 5 aliphatic carbocycles. The zero-order valence-corrected chi connectivity index (χ0v) is 43.5. The summed E-state index contributed by atoms with van der Waals surface area (Å²) in [6.45, 7) is 57.7. The summed E-state index contributed by atoms with van der Waals surface area (Å²) in [5.41, 5.74) is 6.08. The van der Waals surface area contributed by atoms with Crippen molar-refractivity contribution in [1.29, 1.82) is 0 Å². The minimum Gasteiger partial charge on any atom is -0.389 e. The highest BCUT2D eigenvalue weighted by Gasteiger charge is 2.58. The van der Waals surface area contributed by atoms with Crippen LogP contribution >= 0.6 is 23.5 Å². The average Bonchev–Trinajstić information content (AvgIpc) is 4.00. The first-order valence-electron chi connectivity index (χ1n) is 24.6. The standard InChI is InChI=1S/C25H43NS2.C14H23N.C12H22.2C2H6/c1-8-22(25(7)16-10-9-11-17-25)27-20(3)28-23(24(4,5)6)15-12-19(2)26-18-21-13-14-21;1-10(4-5-13-6-7-13)11(2)12(3)15-14-8-9-14;1-7-10-11(12(10,5)6)9(4)8(2)3;2*1-2/h8,21-23,26H,1-3,9-18H2,4-7H3;10,13-15H,2-9H2,1H3;9-11H,2,7H2,1,3-6H3;2*1-2H3. The number of nitrogens with one attached hydrogen (secondary N) is 2. The van der Waals surface area contributed by atoms with E-state index in [1.165, 1.54) is 111 Å². The molecule has 5 saturated carbocycles. The van der Waals surface area contributed by atoms with Crippen molar-refractivity contribution in [3.05, 3.63) is 72.3 Å². The molecule has 0 radical (unpaired) electrons. The fraction of sp³-hybridized carbons (Fsp3) is 0.782. The Kier molecular flexibility index (Phi) is 25.6. The van der Waals surface area contributed by atoms with Crippen LogP contribution in [-0.4, -0.2) is 23.1 Å². The van der Waals surface area contributed by atoms with Crippen molar-refractivity contribution in [1.82, 2.24) is 10.6 Å². The van der Waals surface area contributed by atoms with Gasteiger partial charge in [-0.2, -0.15) is 0 Å². The third kappa shape index (κ3) is 20.6. The Morgan fingerprint density at radius 3 is 1.81 bits per heavy atom. The third-order valence-electron chi connectivity index (χ3n) is 14.0. The second kappa shape index (κ2) is 27.0. The van der Waals surface area contributed by atoms with E-state index >= 15 is 0 Å². The van der Waals surface area contributed by atoms with E-state index in [9.17, 15) is 0 Å². The maximum atomic E-state index is 4.46. The maximum Gasteiger partial charge on any atom is 0.0337 e. The molecule has 0 spiro atoms. The van der Waals surface area contributed by atoms with E-state index in [0.717, 1.165) is 48.8 Å². The van der Waals surface area contributed by atoms with Crippen LogP contribution in [0, 0.1) is 51.8 Å². The normalized spacial score (nSPS) is 23.1. The van der Waals surface area contributed by atoms with Crippen molar-refractivity contribution in [2.24, 2.45) is 51.8 Å². The number of hydrogen-bond acceptors (Lipinski definition) is 4.